The van der Waals surface area contributed by atoms with Gasteiger partial charge in [-0.1, -0.05) is 18.2 Å². The predicted octanol–water partition coefficient (Wildman–Crippen LogP) is 3.27. The molecular formula is C16H18N2O2. The van der Waals surface area contributed by atoms with Crippen molar-refractivity contribution in [3.05, 3.63) is 53.6 Å². The van der Waals surface area contributed by atoms with E-state index in [1.165, 1.54) is 6.92 Å². The second-order valence-corrected chi connectivity index (χ2v) is 4.69. The van der Waals surface area contributed by atoms with E-state index in [1.54, 1.807) is 0 Å². The largest absolute Gasteiger partial charge is 0.507 e. The third-order valence-electron chi connectivity index (χ3n) is 3.01. The molecule has 2 aromatic carbocycles. The van der Waals surface area contributed by atoms with Crippen molar-refractivity contribution in [3.63, 3.8) is 0 Å². The second kappa shape index (κ2) is 6.10. The van der Waals surface area contributed by atoms with Crippen LogP contribution >= 0.6 is 0 Å². The second-order valence-electron chi connectivity index (χ2n) is 4.69. The average molecular weight is 270 g/mol. The normalized spacial score (nSPS) is 10.1. The van der Waals surface area contributed by atoms with Gasteiger partial charge < -0.3 is 15.7 Å². The maximum atomic E-state index is 10.9. The van der Waals surface area contributed by atoms with Gasteiger partial charge in [0.1, 0.15) is 5.75 Å². The molecule has 104 valence electrons. The van der Waals surface area contributed by atoms with Crippen molar-refractivity contribution < 1.29 is 9.90 Å². The quantitative estimate of drug-likeness (QED) is 0.799. The maximum absolute atomic E-state index is 10.9. The Bertz CT molecular complexity index is 606. The molecule has 0 saturated carbocycles. The number of para-hydroxylation sites is 1. The van der Waals surface area contributed by atoms with E-state index >= 15 is 0 Å². The summed E-state index contributed by atoms with van der Waals surface area (Å²) in [6.45, 7) is 3.90. The average Bonchev–Trinajstić information content (AvgIpc) is 2.41. The van der Waals surface area contributed by atoms with Crippen molar-refractivity contribution in [1.82, 2.24) is 0 Å². The van der Waals surface area contributed by atoms with E-state index < -0.39 is 0 Å². The van der Waals surface area contributed by atoms with Crippen LogP contribution in [0, 0.1) is 6.92 Å². The Kier molecular flexibility index (Phi) is 4.25. The molecule has 2 aromatic rings. The van der Waals surface area contributed by atoms with Gasteiger partial charge in [0, 0.05) is 30.4 Å². The fourth-order valence-electron chi connectivity index (χ4n) is 1.93. The van der Waals surface area contributed by atoms with Gasteiger partial charge in [0.25, 0.3) is 0 Å². The van der Waals surface area contributed by atoms with Crippen molar-refractivity contribution in [2.75, 3.05) is 10.6 Å². The minimum atomic E-state index is -0.0876. The first-order valence-electron chi connectivity index (χ1n) is 6.45. The number of benzene rings is 2. The van der Waals surface area contributed by atoms with Gasteiger partial charge in [-0.2, -0.15) is 0 Å². The molecule has 20 heavy (non-hydrogen) atoms. The monoisotopic (exact) mass is 270 g/mol. The number of hydrogen-bond donors (Lipinski definition) is 3. The number of aryl methyl sites for hydroxylation is 1. The van der Waals surface area contributed by atoms with E-state index in [1.807, 2.05) is 49.4 Å². The smallest absolute Gasteiger partial charge is 0.221 e. The minimum absolute atomic E-state index is 0.0876. The van der Waals surface area contributed by atoms with E-state index in [0.29, 0.717) is 12.3 Å². The first kappa shape index (κ1) is 13.9. The highest BCUT2D eigenvalue weighted by Crippen LogP contribution is 2.22. The van der Waals surface area contributed by atoms with E-state index in [2.05, 4.69) is 10.6 Å². The fourth-order valence-corrected chi connectivity index (χ4v) is 1.93. The molecule has 4 heteroatoms. The summed E-state index contributed by atoms with van der Waals surface area (Å²) in [6, 6.07) is 13.1. The van der Waals surface area contributed by atoms with Crippen LogP contribution in [0.25, 0.3) is 0 Å². The first-order valence-corrected chi connectivity index (χ1v) is 6.45. The van der Waals surface area contributed by atoms with E-state index in [0.717, 1.165) is 22.5 Å². The standard InChI is InChI=1S/C16H18N2O2/c1-11-4-3-5-13(16(11)20)10-17-14-6-8-15(9-7-14)18-12(2)19/h3-9,17,20H,10H2,1-2H3,(H,18,19). The first-order chi connectivity index (χ1) is 9.56. The lowest BCUT2D eigenvalue weighted by atomic mass is 10.1. The highest BCUT2D eigenvalue weighted by molar-refractivity contribution is 5.88. The highest BCUT2D eigenvalue weighted by atomic mass is 16.3. The number of anilines is 2. The molecule has 0 unspecified atom stereocenters. The molecule has 2 rings (SSSR count). The molecule has 0 fully saturated rings. The number of aromatic hydroxyl groups is 1. The number of phenolic OH excluding ortho intramolecular Hbond substituents is 1. The number of amides is 1. The predicted molar refractivity (Wildman–Crippen MR) is 80.9 cm³/mol. The number of nitrogens with one attached hydrogen (secondary N) is 2. The zero-order valence-corrected chi connectivity index (χ0v) is 11.6. The third kappa shape index (κ3) is 3.51. The van der Waals surface area contributed by atoms with E-state index in [9.17, 15) is 9.90 Å². The van der Waals surface area contributed by atoms with Gasteiger partial charge in [-0.05, 0) is 36.8 Å². The van der Waals surface area contributed by atoms with Crippen LogP contribution in [0.1, 0.15) is 18.1 Å². The molecule has 0 heterocycles. The van der Waals surface area contributed by atoms with Crippen molar-refractivity contribution in [3.8, 4) is 5.75 Å². The molecule has 0 aliphatic heterocycles. The topological polar surface area (TPSA) is 61.4 Å². The zero-order chi connectivity index (χ0) is 14.5. The van der Waals surface area contributed by atoms with Gasteiger partial charge in [-0.25, -0.2) is 0 Å². The van der Waals surface area contributed by atoms with Crippen LogP contribution in [0.15, 0.2) is 42.5 Å². The number of carbonyl (C=O) groups is 1. The molecule has 0 aliphatic carbocycles. The van der Waals surface area contributed by atoms with Crippen LogP contribution in [0.2, 0.25) is 0 Å². The summed E-state index contributed by atoms with van der Waals surface area (Å²) < 4.78 is 0. The molecule has 0 atom stereocenters. The Hall–Kier alpha value is -2.49. The van der Waals surface area contributed by atoms with Crippen LogP contribution in [0.3, 0.4) is 0 Å². The zero-order valence-electron chi connectivity index (χ0n) is 11.6. The summed E-state index contributed by atoms with van der Waals surface area (Å²) in [5.74, 6) is 0.241. The van der Waals surface area contributed by atoms with E-state index in [-0.39, 0.29) is 5.91 Å². The Morgan fingerprint density at radius 1 is 1.10 bits per heavy atom. The van der Waals surface area contributed by atoms with Gasteiger partial charge >= 0.3 is 0 Å². The summed E-state index contributed by atoms with van der Waals surface area (Å²) in [5.41, 5.74) is 3.42. The van der Waals surface area contributed by atoms with Crippen LogP contribution in [-0.4, -0.2) is 11.0 Å². The van der Waals surface area contributed by atoms with Gasteiger partial charge in [-0.15, -0.1) is 0 Å². The minimum Gasteiger partial charge on any atom is -0.507 e. The Labute approximate surface area is 118 Å². The van der Waals surface area contributed by atoms with E-state index in [4.69, 9.17) is 0 Å². The SMILES string of the molecule is CC(=O)Nc1ccc(NCc2cccc(C)c2O)cc1. The van der Waals surface area contributed by atoms with Crippen LogP contribution in [0.5, 0.6) is 5.75 Å². The number of hydrogen-bond acceptors (Lipinski definition) is 3. The Morgan fingerprint density at radius 3 is 2.40 bits per heavy atom. The summed E-state index contributed by atoms with van der Waals surface area (Å²) in [7, 11) is 0. The highest BCUT2D eigenvalue weighted by Gasteiger charge is 2.03. The Morgan fingerprint density at radius 2 is 1.75 bits per heavy atom. The van der Waals surface area contributed by atoms with Gasteiger partial charge in [0.2, 0.25) is 5.91 Å². The van der Waals surface area contributed by atoms with Gasteiger partial charge in [-0.3, -0.25) is 4.79 Å². The van der Waals surface area contributed by atoms with Crippen LogP contribution in [0.4, 0.5) is 11.4 Å². The number of carbonyl (C=O) groups excluding carboxylic acids is 1. The Balaban J connectivity index is 2.00. The lowest BCUT2D eigenvalue weighted by Gasteiger charge is -2.10. The molecule has 0 saturated heterocycles. The number of phenols is 1. The summed E-state index contributed by atoms with van der Waals surface area (Å²) in [4.78, 5) is 10.9. The van der Waals surface area contributed by atoms with Crippen molar-refractivity contribution in [2.45, 2.75) is 20.4 Å². The van der Waals surface area contributed by atoms with Gasteiger partial charge in [0.05, 0.1) is 0 Å². The molecule has 0 bridgehead atoms. The maximum Gasteiger partial charge on any atom is 0.221 e. The molecule has 4 nitrogen and oxygen atoms in total. The van der Waals surface area contributed by atoms with Crippen molar-refractivity contribution in [1.29, 1.82) is 0 Å². The lowest BCUT2D eigenvalue weighted by Crippen LogP contribution is -2.05. The summed E-state index contributed by atoms with van der Waals surface area (Å²) in [6.07, 6.45) is 0. The van der Waals surface area contributed by atoms with Crippen LogP contribution < -0.4 is 10.6 Å². The van der Waals surface area contributed by atoms with Gasteiger partial charge in [0.15, 0.2) is 0 Å². The molecule has 1 amide bonds. The fraction of sp³-hybridized carbons (Fsp3) is 0.188. The molecule has 0 spiro atoms. The summed E-state index contributed by atoms with van der Waals surface area (Å²) >= 11 is 0. The molecule has 3 N–H and O–H groups in total. The molecule has 0 aromatic heterocycles. The third-order valence-corrected chi connectivity index (χ3v) is 3.01. The molecule has 0 radical (unpaired) electrons. The van der Waals surface area contributed by atoms with Crippen molar-refractivity contribution >= 4 is 17.3 Å². The molecule has 0 aliphatic rings. The van der Waals surface area contributed by atoms with Crippen LogP contribution in [-0.2, 0) is 11.3 Å². The summed E-state index contributed by atoms with van der Waals surface area (Å²) in [5, 5.41) is 15.9. The molecular weight excluding hydrogens is 252 g/mol. The number of rotatable bonds is 4. The van der Waals surface area contributed by atoms with Crippen molar-refractivity contribution in [2.24, 2.45) is 0 Å². The lowest BCUT2D eigenvalue weighted by molar-refractivity contribution is -0.114.